The molecule has 0 aliphatic carbocycles. The third-order valence-corrected chi connectivity index (χ3v) is 4.17. The largest absolute Gasteiger partial charge is 0.368 e. The predicted octanol–water partition coefficient (Wildman–Crippen LogP) is 0.459. The third kappa shape index (κ3) is 2.69. The molecule has 24 heavy (non-hydrogen) atoms. The highest BCUT2D eigenvalue weighted by Gasteiger charge is 2.12. The van der Waals surface area contributed by atoms with Gasteiger partial charge in [0.15, 0.2) is 0 Å². The van der Waals surface area contributed by atoms with E-state index in [4.69, 9.17) is 0 Å². The van der Waals surface area contributed by atoms with Gasteiger partial charge in [0.25, 0.3) is 5.56 Å². The van der Waals surface area contributed by atoms with Crippen molar-refractivity contribution in [2.24, 2.45) is 0 Å². The summed E-state index contributed by atoms with van der Waals surface area (Å²) in [6.45, 7) is 3.70. The topological polar surface area (TPSA) is 82.5 Å². The number of aromatic amines is 1. The smallest absolute Gasteiger partial charge is 0.258 e. The number of nitrogens with zero attached hydrogens (tertiary/aromatic N) is 3. The van der Waals surface area contributed by atoms with E-state index in [0.29, 0.717) is 17.0 Å². The predicted molar refractivity (Wildman–Crippen MR) is 92.6 cm³/mol. The van der Waals surface area contributed by atoms with Crippen molar-refractivity contribution in [3.63, 3.8) is 0 Å². The molecule has 3 aromatic heterocycles. The number of hydrogen-bond donors (Lipinski definition) is 2. The molecule has 4 heterocycles. The molecule has 122 valence electrons. The maximum atomic E-state index is 12.5. The van der Waals surface area contributed by atoms with E-state index in [2.05, 4.69) is 20.2 Å². The Kier molecular flexibility index (Phi) is 3.62. The molecule has 4 rings (SSSR count). The van der Waals surface area contributed by atoms with Crippen molar-refractivity contribution in [2.75, 3.05) is 31.1 Å². The number of nitrogens with one attached hydrogen (secondary N) is 2. The molecule has 0 spiro atoms. The Bertz CT molecular complexity index is 1000. The number of piperazine rings is 1. The van der Waals surface area contributed by atoms with Gasteiger partial charge >= 0.3 is 0 Å². The number of fused-ring (bicyclic) bond motifs is 1. The van der Waals surface area contributed by atoms with E-state index in [-0.39, 0.29) is 11.1 Å². The minimum absolute atomic E-state index is 0.170. The summed E-state index contributed by atoms with van der Waals surface area (Å²) in [4.78, 5) is 33.4. The van der Waals surface area contributed by atoms with Crippen LogP contribution >= 0.6 is 0 Å². The van der Waals surface area contributed by atoms with Crippen LogP contribution in [0.2, 0.25) is 0 Å². The zero-order valence-electron chi connectivity index (χ0n) is 13.0. The second-order valence-corrected chi connectivity index (χ2v) is 5.76. The van der Waals surface area contributed by atoms with Crippen LogP contribution in [0.5, 0.6) is 0 Å². The van der Waals surface area contributed by atoms with Gasteiger partial charge in [0.05, 0.1) is 17.1 Å². The summed E-state index contributed by atoms with van der Waals surface area (Å²) in [5.41, 5.74) is 2.18. The van der Waals surface area contributed by atoms with Crippen LogP contribution < -0.4 is 21.3 Å². The fourth-order valence-corrected chi connectivity index (χ4v) is 2.94. The summed E-state index contributed by atoms with van der Waals surface area (Å²) in [7, 11) is 0. The number of pyridine rings is 2. The highest BCUT2D eigenvalue weighted by atomic mass is 16.1. The SMILES string of the molecule is O=c1cccc(-c2cc(=O)n3cc(N4CCNCC4)ccc3n2)[nH]1. The first kappa shape index (κ1) is 14.6. The quantitative estimate of drug-likeness (QED) is 0.716. The number of aromatic nitrogens is 3. The van der Waals surface area contributed by atoms with Crippen molar-refractivity contribution in [1.82, 2.24) is 19.7 Å². The van der Waals surface area contributed by atoms with Crippen molar-refractivity contribution in [2.45, 2.75) is 0 Å². The van der Waals surface area contributed by atoms with Crippen LogP contribution in [0.25, 0.3) is 17.0 Å². The minimum Gasteiger partial charge on any atom is -0.368 e. The van der Waals surface area contributed by atoms with Gasteiger partial charge in [-0.1, -0.05) is 6.07 Å². The van der Waals surface area contributed by atoms with E-state index in [1.807, 2.05) is 18.3 Å². The number of anilines is 1. The molecule has 0 aromatic carbocycles. The highest BCUT2D eigenvalue weighted by Crippen LogP contribution is 2.17. The Labute approximate surface area is 137 Å². The lowest BCUT2D eigenvalue weighted by Gasteiger charge is -2.29. The molecular formula is C17H17N5O2. The molecule has 1 aliphatic rings. The minimum atomic E-state index is -0.219. The molecule has 0 amide bonds. The number of H-pyrrole nitrogens is 1. The summed E-state index contributed by atoms with van der Waals surface area (Å²) in [5.74, 6) is 0. The molecule has 7 heteroatoms. The fourth-order valence-electron chi connectivity index (χ4n) is 2.94. The lowest BCUT2D eigenvalue weighted by atomic mass is 10.2. The van der Waals surface area contributed by atoms with Crippen molar-refractivity contribution < 1.29 is 0 Å². The number of rotatable bonds is 2. The summed E-state index contributed by atoms with van der Waals surface area (Å²) in [6.07, 6.45) is 1.83. The Morgan fingerprint density at radius 3 is 2.67 bits per heavy atom. The molecule has 7 nitrogen and oxygen atoms in total. The van der Waals surface area contributed by atoms with E-state index in [1.165, 1.54) is 12.1 Å². The average molecular weight is 323 g/mol. The summed E-state index contributed by atoms with van der Waals surface area (Å²) in [6, 6.07) is 10.1. The van der Waals surface area contributed by atoms with Crippen molar-refractivity contribution in [1.29, 1.82) is 0 Å². The van der Waals surface area contributed by atoms with Gasteiger partial charge in [-0.3, -0.25) is 14.0 Å². The second-order valence-electron chi connectivity index (χ2n) is 5.76. The molecule has 0 bridgehead atoms. The first-order valence-electron chi connectivity index (χ1n) is 7.89. The van der Waals surface area contributed by atoms with Crippen molar-refractivity contribution in [3.8, 4) is 11.4 Å². The zero-order valence-corrected chi connectivity index (χ0v) is 13.0. The maximum absolute atomic E-state index is 12.5. The normalized spacial score (nSPS) is 14.9. The average Bonchev–Trinajstić information content (AvgIpc) is 2.62. The van der Waals surface area contributed by atoms with Gasteiger partial charge in [-0.2, -0.15) is 0 Å². The van der Waals surface area contributed by atoms with Crippen LogP contribution in [0.4, 0.5) is 5.69 Å². The standard InChI is InChI=1S/C17H17N5O2/c23-16-3-1-2-13(20-16)14-10-17(24)22-11-12(4-5-15(22)19-14)21-8-6-18-7-9-21/h1-5,10-11,18H,6-9H2,(H,20,23). The van der Waals surface area contributed by atoms with Gasteiger partial charge in [-0.05, 0) is 18.2 Å². The molecule has 0 unspecified atom stereocenters. The van der Waals surface area contributed by atoms with Gasteiger partial charge in [-0.15, -0.1) is 0 Å². The Balaban J connectivity index is 1.79. The fraction of sp³-hybridized carbons (Fsp3) is 0.235. The molecule has 1 fully saturated rings. The zero-order chi connectivity index (χ0) is 16.5. The Morgan fingerprint density at radius 2 is 1.88 bits per heavy atom. The second kappa shape index (κ2) is 5.93. The van der Waals surface area contributed by atoms with E-state index in [1.54, 1.807) is 16.5 Å². The van der Waals surface area contributed by atoms with Crippen LogP contribution in [0.3, 0.4) is 0 Å². The van der Waals surface area contributed by atoms with E-state index < -0.39 is 0 Å². The van der Waals surface area contributed by atoms with E-state index >= 15 is 0 Å². The number of hydrogen-bond acceptors (Lipinski definition) is 5. The van der Waals surface area contributed by atoms with Crippen LogP contribution in [-0.4, -0.2) is 40.5 Å². The molecule has 1 saturated heterocycles. The maximum Gasteiger partial charge on any atom is 0.258 e. The van der Waals surface area contributed by atoms with E-state index in [9.17, 15) is 9.59 Å². The summed E-state index contributed by atoms with van der Waals surface area (Å²) < 4.78 is 1.54. The lowest BCUT2D eigenvalue weighted by Crippen LogP contribution is -2.43. The highest BCUT2D eigenvalue weighted by molar-refractivity contribution is 5.59. The third-order valence-electron chi connectivity index (χ3n) is 4.17. The molecule has 0 atom stereocenters. The van der Waals surface area contributed by atoms with Crippen LogP contribution in [0.1, 0.15) is 0 Å². The van der Waals surface area contributed by atoms with Gasteiger partial charge in [0.1, 0.15) is 5.65 Å². The van der Waals surface area contributed by atoms with Crippen LogP contribution in [0.15, 0.2) is 52.2 Å². The molecule has 1 aliphatic heterocycles. The van der Waals surface area contributed by atoms with E-state index in [0.717, 1.165) is 31.9 Å². The Hall–Kier alpha value is -2.93. The molecule has 3 aromatic rings. The monoisotopic (exact) mass is 323 g/mol. The van der Waals surface area contributed by atoms with Crippen LogP contribution in [-0.2, 0) is 0 Å². The molecule has 0 radical (unpaired) electrons. The van der Waals surface area contributed by atoms with Gasteiger partial charge in [-0.25, -0.2) is 4.98 Å². The summed E-state index contributed by atoms with van der Waals surface area (Å²) in [5, 5.41) is 3.31. The van der Waals surface area contributed by atoms with Crippen molar-refractivity contribution in [3.05, 3.63) is 63.3 Å². The first-order valence-corrected chi connectivity index (χ1v) is 7.89. The van der Waals surface area contributed by atoms with Crippen LogP contribution in [0, 0.1) is 0 Å². The first-order chi connectivity index (χ1) is 11.7. The van der Waals surface area contributed by atoms with Gasteiger partial charge in [0.2, 0.25) is 5.56 Å². The lowest BCUT2D eigenvalue weighted by molar-refractivity contribution is 0.588. The summed E-state index contributed by atoms with van der Waals surface area (Å²) >= 11 is 0. The van der Waals surface area contributed by atoms with Crippen molar-refractivity contribution >= 4 is 11.3 Å². The molecule has 2 N–H and O–H groups in total. The Morgan fingerprint density at radius 1 is 1.04 bits per heavy atom. The molecular weight excluding hydrogens is 306 g/mol. The van der Waals surface area contributed by atoms with Gasteiger partial charge in [0, 0.05) is 44.5 Å². The van der Waals surface area contributed by atoms with Gasteiger partial charge < -0.3 is 15.2 Å². The molecule has 0 saturated carbocycles.